The van der Waals surface area contributed by atoms with E-state index in [-0.39, 0.29) is 17.6 Å². The minimum Gasteiger partial charge on any atom is -0.465 e. The summed E-state index contributed by atoms with van der Waals surface area (Å²) in [5.41, 5.74) is 0.871. The van der Waals surface area contributed by atoms with Gasteiger partial charge in [0.05, 0.1) is 26.8 Å². The van der Waals surface area contributed by atoms with E-state index >= 15 is 0 Å². The molecule has 3 amide bonds. The molecule has 1 aromatic carbocycles. The largest absolute Gasteiger partial charge is 0.465 e. The Morgan fingerprint density at radius 3 is 2.38 bits per heavy atom. The van der Waals surface area contributed by atoms with Gasteiger partial charge in [0, 0.05) is 44.0 Å². The van der Waals surface area contributed by atoms with E-state index in [2.05, 4.69) is 19.9 Å². The van der Waals surface area contributed by atoms with Crippen LogP contribution in [0.3, 0.4) is 0 Å². The number of methoxy groups -OCH3 is 1. The number of carbonyl (C=O) groups excluding carboxylic acids is 4. The second-order valence-corrected chi connectivity index (χ2v) is 7.49. The minimum absolute atomic E-state index is 0.213. The van der Waals surface area contributed by atoms with Crippen LogP contribution in [-0.4, -0.2) is 99.5 Å². The third-order valence-corrected chi connectivity index (χ3v) is 5.30. The van der Waals surface area contributed by atoms with Gasteiger partial charge in [-0.25, -0.2) is 9.59 Å². The molecule has 11 heteroatoms. The molecule has 0 aliphatic carbocycles. The van der Waals surface area contributed by atoms with E-state index in [9.17, 15) is 19.2 Å². The first-order valence-corrected chi connectivity index (χ1v) is 10.5. The maximum atomic E-state index is 12.3. The van der Waals surface area contributed by atoms with Crippen LogP contribution in [0, 0.1) is 0 Å². The van der Waals surface area contributed by atoms with Crippen molar-refractivity contribution in [2.45, 2.75) is 13.0 Å². The van der Waals surface area contributed by atoms with Crippen molar-refractivity contribution in [2.24, 2.45) is 0 Å². The van der Waals surface area contributed by atoms with E-state index in [4.69, 9.17) is 9.47 Å². The molecular formula is C21H28N4O7. The van der Waals surface area contributed by atoms with E-state index < -0.39 is 18.1 Å². The van der Waals surface area contributed by atoms with Crippen molar-refractivity contribution in [1.82, 2.24) is 15.1 Å². The summed E-state index contributed by atoms with van der Waals surface area (Å²) >= 11 is 0. The van der Waals surface area contributed by atoms with Gasteiger partial charge in [-0.05, 0) is 31.2 Å². The van der Waals surface area contributed by atoms with E-state index in [0.29, 0.717) is 31.9 Å². The summed E-state index contributed by atoms with van der Waals surface area (Å²) in [6, 6.07) is 6.31. The molecule has 2 aliphatic rings. The van der Waals surface area contributed by atoms with Crippen molar-refractivity contribution in [1.29, 1.82) is 0 Å². The van der Waals surface area contributed by atoms with Crippen LogP contribution in [0.4, 0.5) is 15.3 Å². The average molecular weight is 448 g/mol. The Labute approximate surface area is 186 Å². The van der Waals surface area contributed by atoms with Gasteiger partial charge in [0.15, 0.2) is 0 Å². The number of cyclic esters (lactones) is 1. The summed E-state index contributed by atoms with van der Waals surface area (Å²) in [6.07, 6.45) is -1.56. The molecule has 0 aromatic heterocycles. The van der Waals surface area contributed by atoms with Crippen LogP contribution in [0.1, 0.15) is 17.3 Å². The van der Waals surface area contributed by atoms with Crippen LogP contribution < -0.4 is 10.2 Å². The number of piperazine rings is 1. The maximum absolute atomic E-state index is 12.3. The summed E-state index contributed by atoms with van der Waals surface area (Å²) in [5.74, 6) is -0.803. The number of imide groups is 1. The molecule has 0 bridgehead atoms. The molecule has 2 heterocycles. The number of amides is 3. The molecule has 174 valence electrons. The van der Waals surface area contributed by atoms with Crippen molar-refractivity contribution in [3.63, 3.8) is 0 Å². The summed E-state index contributed by atoms with van der Waals surface area (Å²) in [6.45, 7) is 6.52. The molecule has 0 unspecified atom stereocenters. The number of nitrogens with one attached hydrogen (secondary N) is 1. The fraction of sp³-hybridized carbons (Fsp3) is 0.524. The second-order valence-electron chi connectivity index (χ2n) is 7.49. The minimum atomic E-state index is -0.841. The Hall–Kier alpha value is -3.18. The Balaban J connectivity index is 1.48. The zero-order valence-corrected chi connectivity index (χ0v) is 18.2. The van der Waals surface area contributed by atoms with Crippen molar-refractivity contribution in [2.75, 3.05) is 64.4 Å². The van der Waals surface area contributed by atoms with Gasteiger partial charge in [-0.3, -0.25) is 29.6 Å². The third-order valence-electron chi connectivity index (χ3n) is 5.30. The quantitative estimate of drug-likeness (QED) is 0.475. The lowest BCUT2D eigenvalue weighted by Gasteiger charge is -2.34. The Bertz CT molecular complexity index is 837. The highest BCUT2D eigenvalue weighted by Gasteiger charge is 2.34. The molecule has 0 radical (unpaired) electrons. The number of anilines is 1. The second kappa shape index (κ2) is 10.9. The first-order valence-electron chi connectivity index (χ1n) is 10.5. The average Bonchev–Trinajstić information content (AvgIpc) is 3.15. The first kappa shape index (κ1) is 23.5. The van der Waals surface area contributed by atoms with Gasteiger partial charge < -0.3 is 14.2 Å². The predicted octanol–water partition coefficient (Wildman–Crippen LogP) is 0.689. The van der Waals surface area contributed by atoms with E-state index in [1.54, 1.807) is 19.1 Å². The normalized spacial score (nSPS) is 19.4. The smallest absolute Gasteiger partial charge is 0.414 e. The number of alkyl carbamates (subject to hydrolysis) is 1. The highest BCUT2D eigenvalue weighted by atomic mass is 16.6. The molecule has 32 heavy (non-hydrogen) atoms. The topological polar surface area (TPSA) is 118 Å². The summed E-state index contributed by atoms with van der Waals surface area (Å²) in [5, 5.41) is 2.08. The number of hydrogen-bond donors (Lipinski definition) is 1. The molecule has 2 fully saturated rings. The highest BCUT2D eigenvalue weighted by Crippen LogP contribution is 2.23. The number of benzene rings is 1. The van der Waals surface area contributed by atoms with Gasteiger partial charge in [0.1, 0.15) is 6.10 Å². The van der Waals surface area contributed by atoms with E-state index in [1.807, 2.05) is 0 Å². The molecule has 2 aliphatic heterocycles. The van der Waals surface area contributed by atoms with Crippen molar-refractivity contribution >= 4 is 29.8 Å². The molecule has 3 rings (SSSR count). The van der Waals surface area contributed by atoms with Crippen LogP contribution in [0.5, 0.6) is 0 Å². The number of carbonyl (C=O) groups is 4. The zero-order valence-electron chi connectivity index (χ0n) is 18.2. The Morgan fingerprint density at radius 2 is 1.75 bits per heavy atom. The number of nitrogens with zero attached hydrogens (tertiary/aromatic N) is 3. The predicted molar refractivity (Wildman–Crippen MR) is 113 cm³/mol. The molecule has 1 atom stereocenters. The number of rotatable bonds is 7. The summed E-state index contributed by atoms with van der Waals surface area (Å²) in [4.78, 5) is 52.9. The van der Waals surface area contributed by atoms with Crippen molar-refractivity contribution in [3.8, 4) is 0 Å². The Kier molecular flexibility index (Phi) is 8.01. The lowest BCUT2D eigenvalue weighted by atomic mass is 10.2. The van der Waals surface area contributed by atoms with E-state index in [0.717, 1.165) is 26.2 Å². The van der Waals surface area contributed by atoms with E-state index in [1.165, 1.54) is 24.1 Å². The monoisotopic (exact) mass is 448 g/mol. The third kappa shape index (κ3) is 6.17. The van der Waals surface area contributed by atoms with Gasteiger partial charge in [0.25, 0.3) is 5.91 Å². The lowest BCUT2D eigenvalue weighted by Crippen LogP contribution is -2.50. The standard InChI is InChI=1S/C21H28N4O7/c1-3-31-18(26)14-24-10-8-23(9-11-24)12-17-13-25(21(29)32-17)16-6-4-15(5-7-16)19(27)22-20(28)30-2/h4-7,17H,3,8-14H2,1-2H3,(H,22,27,28)/t17-/m0/s1. The molecule has 1 aromatic rings. The van der Waals surface area contributed by atoms with Gasteiger partial charge in [-0.1, -0.05) is 0 Å². The molecule has 11 nitrogen and oxygen atoms in total. The van der Waals surface area contributed by atoms with Crippen LogP contribution in [0.2, 0.25) is 0 Å². The van der Waals surface area contributed by atoms with Crippen molar-refractivity contribution < 1.29 is 33.4 Å². The fourth-order valence-corrected chi connectivity index (χ4v) is 3.64. The SMILES string of the molecule is CCOC(=O)CN1CCN(C[C@H]2CN(c3ccc(C(=O)NC(=O)OC)cc3)C(=O)O2)CC1. The zero-order chi connectivity index (χ0) is 23.1. The molecule has 2 saturated heterocycles. The fourth-order valence-electron chi connectivity index (χ4n) is 3.64. The highest BCUT2D eigenvalue weighted by molar-refractivity contribution is 6.03. The number of ether oxygens (including phenoxy) is 3. The first-order chi connectivity index (χ1) is 15.4. The maximum Gasteiger partial charge on any atom is 0.414 e. The molecule has 0 saturated carbocycles. The van der Waals surface area contributed by atoms with Gasteiger partial charge in [-0.15, -0.1) is 0 Å². The van der Waals surface area contributed by atoms with Gasteiger partial charge in [-0.2, -0.15) is 0 Å². The van der Waals surface area contributed by atoms with Crippen LogP contribution in [0.25, 0.3) is 0 Å². The number of hydrogen-bond acceptors (Lipinski definition) is 9. The van der Waals surface area contributed by atoms with Crippen molar-refractivity contribution in [3.05, 3.63) is 29.8 Å². The summed E-state index contributed by atoms with van der Waals surface area (Å²) in [7, 11) is 1.17. The number of esters is 1. The molecule has 1 N–H and O–H groups in total. The van der Waals surface area contributed by atoms with Gasteiger partial charge in [0.2, 0.25) is 0 Å². The lowest BCUT2D eigenvalue weighted by molar-refractivity contribution is -0.144. The van der Waals surface area contributed by atoms with Gasteiger partial charge >= 0.3 is 18.2 Å². The van der Waals surface area contributed by atoms with Crippen LogP contribution in [0.15, 0.2) is 24.3 Å². The molecule has 0 spiro atoms. The van der Waals surface area contributed by atoms with Crippen LogP contribution >= 0.6 is 0 Å². The van der Waals surface area contributed by atoms with Crippen LogP contribution in [-0.2, 0) is 19.0 Å². The molecular weight excluding hydrogens is 420 g/mol. The summed E-state index contributed by atoms with van der Waals surface area (Å²) < 4.78 is 14.9. The Morgan fingerprint density at radius 1 is 1.09 bits per heavy atom.